The molecule has 158 valence electrons. The van der Waals surface area contributed by atoms with Crippen LogP contribution >= 0.6 is 23.2 Å². The smallest absolute Gasteiger partial charge is 0.364 e. The van der Waals surface area contributed by atoms with Crippen molar-refractivity contribution < 1.29 is 14.3 Å². The molecule has 0 amide bonds. The van der Waals surface area contributed by atoms with Crippen molar-refractivity contribution in [3.63, 3.8) is 0 Å². The van der Waals surface area contributed by atoms with E-state index < -0.39 is 5.78 Å². The molecule has 0 saturated heterocycles. The van der Waals surface area contributed by atoms with Crippen molar-refractivity contribution in [3.8, 4) is 0 Å². The van der Waals surface area contributed by atoms with Crippen molar-refractivity contribution in [1.29, 1.82) is 0 Å². The fraction of sp³-hybridized carbons (Fsp3) is 0.450. The quantitative estimate of drug-likeness (QED) is 0.191. The number of tetrazole rings is 1. The van der Waals surface area contributed by atoms with Crippen LogP contribution in [-0.2, 0) is 16.1 Å². The zero-order valence-corrected chi connectivity index (χ0v) is 17.8. The second-order valence-corrected chi connectivity index (χ2v) is 8.22. The molecule has 2 aromatic rings. The largest absolute Gasteiger partial charge is 0.501 e. The molecule has 0 bridgehead atoms. The lowest BCUT2D eigenvalue weighted by Crippen LogP contribution is -2.25. The number of rotatable bonds is 9. The molecule has 0 radical (unpaired) electrons. The van der Waals surface area contributed by atoms with E-state index in [1.54, 1.807) is 6.92 Å². The molecule has 1 heterocycles. The third kappa shape index (κ3) is 4.06. The summed E-state index contributed by atoms with van der Waals surface area (Å²) in [6.07, 6.45) is 4.52. The number of halogens is 2. The summed E-state index contributed by atoms with van der Waals surface area (Å²) in [7, 11) is 0. The van der Waals surface area contributed by atoms with E-state index in [9.17, 15) is 14.4 Å². The van der Waals surface area contributed by atoms with E-state index in [0.29, 0.717) is 12.2 Å². The zero-order valence-electron chi connectivity index (χ0n) is 16.3. The number of aromatic nitrogens is 4. The van der Waals surface area contributed by atoms with Gasteiger partial charge in [-0.3, -0.25) is 9.59 Å². The maximum Gasteiger partial charge on any atom is 0.364 e. The van der Waals surface area contributed by atoms with Gasteiger partial charge in [-0.15, -0.1) is 0 Å². The summed E-state index contributed by atoms with van der Waals surface area (Å²) < 4.78 is 7.73. The molecule has 0 atom stereocenters. The Labute approximate surface area is 182 Å². The molecule has 0 N–H and O–H groups in total. The number of ether oxygens (including phenoxy) is 1. The number of carbonyl (C=O) groups is 2. The van der Waals surface area contributed by atoms with E-state index in [1.165, 1.54) is 23.1 Å². The third-order valence-electron chi connectivity index (χ3n) is 5.12. The molecular formula is C20H20Cl2N4O4. The number of benzene rings is 1. The average molecular weight is 451 g/mol. The van der Waals surface area contributed by atoms with Gasteiger partial charge in [0.1, 0.15) is 5.57 Å². The van der Waals surface area contributed by atoms with Gasteiger partial charge < -0.3 is 4.74 Å². The zero-order chi connectivity index (χ0) is 21.4. The predicted octanol–water partition coefficient (Wildman–Crippen LogP) is 3.21. The van der Waals surface area contributed by atoms with Gasteiger partial charge >= 0.3 is 5.69 Å². The van der Waals surface area contributed by atoms with Crippen molar-refractivity contribution in [2.24, 2.45) is 5.92 Å². The maximum atomic E-state index is 13.1. The Hall–Kier alpha value is -2.45. The summed E-state index contributed by atoms with van der Waals surface area (Å²) in [5, 5.41) is 8.15. The van der Waals surface area contributed by atoms with E-state index >= 15 is 0 Å². The van der Waals surface area contributed by atoms with Crippen LogP contribution in [0.3, 0.4) is 0 Å². The Morgan fingerprint density at radius 2 is 1.93 bits per heavy atom. The molecule has 0 spiro atoms. The average Bonchev–Trinajstić information content (AvgIpc) is 3.64. The normalized spacial score (nSPS) is 16.6. The highest BCUT2D eigenvalue weighted by Gasteiger charge is 2.36. The van der Waals surface area contributed by atoms with Crippen molar-refractivity contribution in [2.45, 2.75) is 45.2 Å². The molecule has 2 saturated carbocycles. The first kappa shape index (κ1) is 20.8. The van der Waals surface area contributed by atoms with E-state index in [1.807, 2.05) is 0 Å². The molecule has 1 aromatic carbocycles. The van der Waals surface area contributed by atoms with Crippen molar-refractivity contribution in [1.82, 2.24) is 19.8 Å². The number of Topliss-reactive ketones (excluding diaryl/α,β-unsaturated/α-hetero) is 2. The Morgan fingerprint density at radius 1 is 1.20 bits per heavy atom. The fourth-order valence-electron chi connectivity index (χ4n) is 3.10. The number of hydrogen-bond acceptors (Lipinski definition) is 6. The molecule has 10 heteroatoms. The summed E-state index contributed by atoms with van der Waals surface area (Å²) in [6, 6.07) is 3.08. The van der Waals surface area contributed by atoms with Gasteiger partial charge in [0, 0.05) is 22.1 Å². The molecule has 2 aliphatic rings. The Kier molecular flexibility index (Phi) is 5.79. The van der Waals surface area contributed by atoms with Crippen LogP contribution in [-0.4, -0.2) is 38.0 Å². The lowest BCUT2D eigenvalue weighted by molar-refractivity contribution is -0.116. The van der Waals surface area contributed by atoms with Gasteiger partial charge in [-0.2, -0.15) is 9.36 Å². The van der Waals surface area contributed by atoms with Gasteiger partial charge in [0.15, 0.2) is 5.78 Å². The minimum absolute atomic E-state index is 0.0358. The monoisotopic (exact) mass is 450 g/mol. The van der Waals surface area contributed by atoms with Crippen LogP contribution in [0.15, 0.2) is 28.8 Å². The van der Waals surface area contributed by atoms with Crippen LogP contribution in [0.2, 0.25) is 10.0 Å². The molecular weight excluding hydrogens is 431 g/mol. The number of ketones is 2. The van der Waals surface area contributed by atoms with E-state index in [4.69, 9.17) is 27.9 Å². The summed E-state index contributed by atoms with van der Waals surface area (Å²) in [4.78, 5) is 38.2. The molecule has 2 aliphatic carbocycles. The highest BCUT2D eigenvalue weighted by Crippen LogP contribution is 2.35. The van der Waals surface area contributed by atoms with Gasteiger partial charge in [-0.1, -0.05) is 23.2 Å². The number of allylic oxidation sites excluding steroid dienone is 1. The predicted molar refractivity (Wildman–Crippen MR) is 110 cm³/mol. The maximum absolute atomic E-state index is 13.1. The topological polar surface area (TPSA) is 96.1 Å². The number of nitrogens with zero attached hydrogens (tertiary/aromatic N) is 4. The van der Waals surface area contributed by atoms with Crippen molar-refractivity contribution in [3.05, 3.63) is 55.6 Å². The van der Waals surface area contributed by atoms with Gasteiger partial charge in [-0.05, 0) is 55.2 Å². The first-order valence-electron chi connectivity index (χ1n) is 9.82. The SMILES string of the molecule is CCO/C=C(\C(=O)c1ccc(Cl)c(Cn2nnn(C3CC3)c2=O)c1Cl)C(=O)C1CC1. The lowest BCUT2D eigenvalue weighted by Gasteiger charge is -2.12. The van der Waals surface area contributed by atoms with Crippen LogP contribution in [0.25, 0.3) is 0 Å². The van der Waals surface area contributed by atoms with E-state index in [2.05, 4.69) is 10.4 Å². The highest BCUT2D eigenvalue weighted by atomic mass is 35.5. The Balaban J connectivity index is 1.67. The molecule has 4 rings (SSSR count). The molecule has 0 aliphatic heterocycles. The summed E-state index contributed by atoms with van der Waals surface area (Å²) in [5.74, 6) is -0.927. The van der Waals surface area contributed by atoms with Crippen LogP contribution in [0.4, 0.5) is 0 Å². The minimum Gasteiger partial charge on any atom is -0.501 e. The molecule has 8 nitrogen and oxygen atoms in total. The van der Waals surface area contributed by atoms with Crippen molar-refractivity contribution >= 4 is 34.8 Å². The summed E-state index contributed by atoms with van der Waals surface area (Å²) in [6.45, 7) is 2.05. The van der Waals surface area contributed by atoms with Gasteiger partial charge in [0.2, 0.25) is 5.78 Å². The fourth-order valence-corrected chi connectivity index (χ4v) is 3.68. The lowest BCUT2D eigenvalue weighted by atomic mass is 9.97. The molecule has 2 fully saturated rings. The van der Waals surface area contributed by atoms with Crippen molar-refractivity contribution in [2.75, 3.05) is 6.61 Å². The first-order valence-corrected chi connectivity index (χ1v) is 10.6. The molecule has 30 heavy (non-hydrogen) atoms. The number of hydrogen-bond donors (Lipinski definition) is 0. The standard InChI is InChI=1S/C20H20Cl2N4O4/c1-2-30-10-15(18(27)11-3-4-11)19(28)13-7-8-16(21)14(17(13)22)9-25-20(29)26(24-23-25)12-5-6-12/h7-8,10-12H,2-6,9H2,1H3/b15-10-. The minimum atomic E-state index is -0.530. The summed E-state index contributed by atoms with van der Waals surface area (Å²) in [5.41, 5.74) is 0.0935. The Bertz CT molecular complexity index is 1100. The third-order valence-corrected chi connectivity index (χ3v) is 5.90. The molecule has 0 unspecified atom stereocenters. The van der Waals surface area contributed by atoms with Gasteiger partial charge in [-0.25, -0.2) is 4.79 Å². The number of carbonyl (C=O) groups excluding carboxylic acids is 2. The second-order valence-electron chi connectivity index (χ2n) is 7.44. The van der Waals surface area contributed by atoms with Crippen LogP contribution in [0, 0.1) is 5.92 Å². The van der Waals surface area contributed by atoms with Crippen LogP contribution in [0.5, 0.6) is 0 Å². The molecule has 1 aromatic heterocycles. The highest BCUT2D eigenvalue weighted by molar-refractivity contribution is 6.40. The van der Waals surface area contributed by atoms with E-state index in [-0.39, 0.29) is 51.2 Å². The van der Waals surface area contributed by atoms with Gasteiger partial charge in [0.05, 0.1) is 30.5 Å². The van der Waals surface area contributed by atoms with Crippen LogP contribution in [0.1, 0.15) is 54.6 Å². The van der Waals surface area contributed by atoms with Crippen LogP contribution < -0.4 is 5.69 Å². The Morgan fingerprint density at radius 3 is 2.57 bits per heavy atom. The summed E-state index contributed by atoms with van der Waals surface area (Å²) >= 11 is 12.8. The second kappa shape index (κ2) is 8.35. The van der Waals surface area contributed by atoms with E-state index in [0.717, 1.165) is 30.4 Å². The van der Waals surface area contributed by atoms with Gasteiger partial charge in [0.25, 0.3) is 0 Å². The first-order chi connectivity index (χ1) is 14.4.